The van der Waals surface area contributed by atoms with Crippen molar-refractivity contribution >= 4 is 28.2 Å². The number of halogens is 1. The maximum atomic E-state index is 13.5. The second-order valence-corrected chi connectivity index (χ2v) is 10.6. The number of rotatable bonds is 6. The SMILES string of the molecule is CCCc1c(CCN2CCC(c3noc4cc(F)ccc34)CC2)sc2c1CCN(C(C)=O)C2. The third-order valence-corrected chi connectivity index (χ3v) is 8.61. The number of piperidine rings is 1. The topological polar surface area (TPSA) is 49.6 Å². The Morgan fingerprint density at radius 1 is 1.24 bits per heavy atom. The average molecular weight is 470 g/mol. The summed E-state index contributed by atoms with van der Waals surface area (Å²) in [6.07, 6.45) is 6.49. The molecule has 4 heterocycles. The lowest BCUT2D eigenvalue weighted by Crippen LogP contribution is -2.34. The van der Waals surface area contributed by atoms with Crippen molar-refractivity contribution in [3.63, 3.8) is 0 Å². The summed E-state index contributed by atoms with van der Waals surface area (Å²) in [5, 5.41) is 5.23. The summed E-state index contributed by atoms with van der Waals surface area (Å²) < 4.78 is 18.8. The molecule has 1 amide bonds. The van der Waals surface area contributed by atoms with Crippen molar-refractivity contribution in [3.8, 4) is 0 Å². The van der Waals surface area contributed by atoms with E-state index in [1.165, 1.54) is 27.5 Å². The van der Waals surface area contributed by atoms with Gasteiger partial charge >= 0.3 is 0 Å². The molecule has 33 heavy (non-hydrogen) atoms. The van der Waals surface area contributed by atoms with E-state index in [9.17, 15) is 9.18 Å². The van der Waals surface area contributed by atoms with Gasteiger partial charge in [-0.25, -0.2) is 4.39 Å². The van der Waals surface area contributed by atoms with E-state index < -0.39 is 0 Å². The summed E-state index contributed by atoms with van der Waals surface area (Å²) in [7, 11) is 0. The fraction of sp³-hybridized carbons (Fsp3) is 0.538. The van der Waals surface area contributed by atoms with Crippen LogP contribution in [0.15, 0.2) is 22.7 Å². The van der Waals surface area contributed by atoms with Crippen molar-refractivity contribution in [1.82, 2.24) is 15.0 Å². The van der Waals surface area contributed by atoms with Gasteiger partial charge in [-0.1, -0.05) is 18.5 Å². The van der Waals surface area contributed by atoms with Crippen LogP contribution in [0, 0.1) is 5.82 Å². The molecule has 3 aromatic rings. The maximum absolute atomic E-state index is 13.5. The lowest BCUT2D eigenvalue weighted by molar-refractivity contribution is -0.129. The molecule has 0 radical (unpaired) electrons. The molecule has 0 unspecified atom stereocenters. The lowest BCUT2D eigenvalue weighted by Gasteiger charge is -2.31. The van der Waals surface area contributed by atoms with E-state index in [0.29, 0.717) is 11.5 Å². The summed E-state index contributed by atoms with van der Waals surface area (Å²) in [5.41, 5.74) is 4.62. The number of fused-ring (bicyclic) bond motifs is 2. The number of nitrogens with zero attached hydrogens (tertiary/aromatic N) is 3. The zero-order chi connectivity index (χ0) is 22.9. The van der Waals surface area contributed by atoms with E-state index >= 15 is 0 Å². The molecule has 2 aliphatic heterocycles. The number of likely N-dealkylation sites (tertiary alicyclic amines) is 1. The Morgan fingerprint density at radius 3 is 2.82 bits per heavy atom. The Balaban J connectivity index is 1.22. The molecule has 0 N–H and O–H groups in total. The van der Waals surface area contributed by atoms with Gasteiger partial charge in [-0.05, 0) is 68.5 Å². The molecule has 1 fully saturated rings. The predicted octanol–water partition coefficient (Wildman–Crippen LogP) is 5.31. The summed E-state index contributed by atoms with van der Waals surface area (Å²) in [5.74, 6) is 0.266. The smallest absolute Gasteiger partial charge is 0.219 e. The van der Waals surface area contributed by atoms with Crippen molar-refractivity contribution in [3.05, 3.63) is 50.6 Å². The highest BCUT2D eigenvalue weighted by atomic mass is 32.1. The number of benzene rings is 1. The molecule has 5 rings (SSSR count). The Labute approximate surface area is 198 Å². The molecule has 0 aliphatic carbocycles. The van der Waals surface area contributed by atoms with Crippen LogP contribution in [0.3, 0.4) is 0 Å². The van der Waals surface area contributed by atoms with Crippen LogP contribution in [0.25, 0.3) is 11.0 Å². The summed E-state index contributed by atoms with van der Waals surface area (Å²) in [6, 6.07) is 4.71. The molecule has 1 saturated heterocycles. The average Bonchev–Trinajstić information content (AvgIpc) is 3.39. The zero-order valence-corrected chi connectivity index (χ0v) is 20.3. The van der Waals surface area contributed by atoms with Gasteiger partial charge in [0.1, 0.15) is 5.82 Å². The van der Waals surface area contributed by atoms with Gasteiger partial charge in [0.2, 0.25) is 5.91 Å². The number of hydrogen-bond donors (Lipinski definition) is 0. The number of carbonyl (C=O) groups excluding carboxylic acids is 1. The van der Waals surface area contributed by atoms with Gasteiger partial charge in [0.05, 0.1) is 12.2 Å². The van der Waals surface area contributed by atoms with Crippen LogP contribution in [0.2, 0.25) is 0 Å². The van der Waals surface area contributed by atoms with E-state index in [-0.39, 0.29) is 11.7 Å². The van der Waals surface area contributed by atoms with Crippen LogP contribution in [0.5, 0.6) is 0 Å². The Kier molecular flexibility index (Phi) is 6.52. The Morgan fingerprint density at radius 2 is 2.06 bits per heavy atom. The van der Waals surface area contributed by atoms with Crippen LogP contribution in [-0.4, -0.2) is 47.0 Å². The third kappa shape index (κ3) is 4.58. The van der Waals surface area contributed by atoms with Crippen molar-refractivity contribution in [1.29, 1.82) is 0 Å². The van der Waals surface area contributed by atoms with Gasteiger partial charge in [-0.2, -0.15) is 0 Å². The molecular weight excluding hydrogens is 437 g/mol. The van der Waals surface area contributed by atoms with Crippen LogP contribution >= 0.6 is 11.3 Å². The quantitative estimate of drug-likeness (QED) is 0.491. The Bertz CT molecular complexity index is 1150. The second-order valence-electron chi connectivity index (χ2n) is 9.42. The molecular formula is C26H32FN3O2S. The van der Waals surface area contributed by atoms with Gasteiger partial charge in [0.15, 0.2) is 5.58 Å². The van der Waals surface area contributed by atoms with Crippen LogP contribution in [-0.2, 0) is 30.6 Å². The molecule has 7 heteroatoms. The minimum absolute atomic E-state index is 0.181. The fourth-order valence-corrected chi connectivity index (χ4v) is 6.86. The van der Waals surface area contributed by atoms with Gasteiger partial charge in [0, 0.05) is 47.1 Å². The van der Waals surface area contributed by atoms with E-state index in [0.717, 1.165) is 82.3 Å². The first-order valence-electron chi connectivity index (χ1n) is 12.2. The van der Waals surface area contributed by atoms with Crippen molar-refractivity contribution < 1.29 is 13.7 Å². The number of aromatic nitrogens is 1. The van der Waals surface area contributed by atoms with E-state index in [1.807, 2.05) is 16.2 Å². The zero-order valence-electron chi connectivity index (χ0n) is 19.5. The van der Waals surface area contributed by atoms with Crippen molar-refractivity contribution in [2.24, 2.45) is 0 Å². The monoisotopic (exact) mass is 469 g/mol. The minimum Gasteiger partial charge on any atom is -0.356 e. The Hall–Kier alpha value is -2.25. The predicted molar refractivity (Wildman–Crippen MR) is 129 cm³/mol. The van der Waals surface area contributed by atoms with Gasteiger partial charge < -0.3 is 14.3 Å². The second kappa shape index (κ2) is 9.55. The van der Waals surface area contributed by atoms with Gasteiger partial charge in [0.25, 0.3) is 0 Å². The van der Waals surface area contributed by atoms with Crippen molar-refractivity contribution in [2.75, 3.05) is 26.2 Å². The standard InChI is InChI=1S/C26H32FN3O2S/c1-3-4-20-21-9-14-30(17(2)31)16-25(21)33-24(20)10-13-29-11-7-18(8-12-29)26-22-6-5-19(27)15-23(22)32-28-26/h5-6,15,18H,3-4,7-14,16H2,1-2H3. The molecule has 0 saturated carbocycles. The molecule has 2 aromatic heterocycles. The van der Waals surface area contributed by atoms with E-state index in [4.69, 9.17) is 4.52 Å². The maximum Gasteiger partial charge on any atom is 0.219 e. The number of carbonyl (C=O) groups is 1. The highest BCUT2D eigenvalue weighted by Gasteiger charge is 2.27. The molecule has 0 bridgehead atoms. The lowest BCUT2D eigenvalue weighted by atomic mass is 9.91. The number of amides is 1. The first kappa shape index (κ1) is 22.5. The number of hydrogen-bond acceptors (Lipinski definition) is 5. The molecule has 176 valence electrons. The summed E-state index contributed by atoms with van der Waals surface area (Å²) >= 11 is 1.94. The number of thiophene rings is 1. The summed E-state index contributed by atoms with van der Waals surface area (Å²) in [4.78, 5) is 19.3. The summed E-state index contributed by atoms with van der Waals surface area (Å²) in [6.45, 7) is 8.74. The fourth-order valence-electron chi connectivity index (χ4n) is 5.45. The molecule has 5 nitrogen and oxygen atoms in total. The molecule has 0 atom stereocenters. The van der Waals surface area contributed by atoms with Gasteiger partial charge in [-0.3, -0.25) is 4.79 Å². The van der Waals surface area contributed by atoms with E-state index in [1.54, 1.807) is 18.6 Å². The first-order chi connectivity index (χ1) is 16.0. The third-order valence-electron chi connectivity index (χ3n) is 7.29. The molecule has 2 aliphatic rings. The molecule has 0 spiro atoms. The van der Waals surface area contributed by atoms with Crippen LogP contribution < -0.4 is 0 Å². The highest BCUT2D eigenvalue weighted by molar-refractivity contribution is 7.12. The van der Waals surface area contributed by atoms with E-state index in [2.05, 4.69) is 17.0 Å². The largest absolute Gasteiger partial charge is 0.356 e. The van der Waals surface area contributed by atoms with Crippen LogP contribution in [0.1, 0.15) is 65.6 Å². The normalized spacial score (nSPS) is 17.6. The highest BCUT2D eigenvalue weighted by Crippen LogP contribution is 2.36. The van der Waals surface area contributed by atoms with Crippen LogP contribution in [0.4, 0.5) is 4.39 Å². The van der Waals surface area contributed by atoms with Gasteiger partial charge in [-0.15, -0.1) is 11.3 Å². The molecule has 1 aromatic carbocycles. The minimum atomic E-state index is -0.285. The first-order valence-corrected chi connectivity index (χ1v) is 13.0. The van der Waals surface area contributed by atoms with Crippen molar-refractivity contribution in [2.45, 2.75) is 64.8 Å².